The lowest BCUT2D eigenvalue weighted by Crippen LogP contribution is -2.19. The van der Waals surface area contributed by atoms with E-state index in [0.29, 0.717) is 16.9 Å². The standard InChI is InChI=1S/C10H20N4O2S2/c1-7(2)14-9(11)12-13-10(14)17-5-6-18(15,16)8(3)4/h7-8H,5-6H2,1-4H3,(H2,11,12). The molecule has 0 aliphatic heterocycles. The highest BCUT2D eigenvalue weighted by Gasteiger charge is 2.18. The van der Waals surface area contributed by atoms with Crippen LogP contribution in [0.1, 0.15) is 33.7 Å². The minimum absolute atomic E-state index is 0.139. The summed E-state index contributed by atoms with van der Waals surface area (Å²) in [7, 11) is -3.00. The van der Waals surface area contributed by atoms with Crippen molar-refractivity contribution >= 4 is 27.5 Å². The van der Waals surface area contributed by atoms with Crippen molar-refractivity contribution in [1.29, 1.82) is 0 Å². The maximum absolute atomic E-state index is 11.7. The molecule has 18 heavy (non-hydrogen) atoms. The predicted octanol–water partition coefficient (Wildman–Crippen LogP) is 1.36. The van der Waals surface area contributed by atoms with Gasteiger partial charge in [-0.15, -0.1) is 10.2 Å². The summed E-state index contributed by atoms with van der Waals surface area (Å²) in [4.78, 5) is 0. The first-order valence-electron chi connectivity index (χ1n) is 5.80. The van der Waals surface area contributed by atoms with Crippen LogP contribution in [-0.2, 0) is 9.84 Å². The summed E-state index contributed by atoms with van der Waals surface area (Å²) >= 11 is 1.37. The van der Waals surface area contributed by atoms with Crippen molar-refractivity contribution in [2.45, 2.75) is 44.1 Å². The Kier molecular flexibility index (Phi) is 5.03. The average Bonchev–Trinajstić information content (AvgIpc) is 2.59. The molecule has 0 spiro atoms. The molecular formula is C10H20N4O2S2. The van der Waals surface area contributed by atoms with Crippen LogP contribution in [0.25, 0.3) is 0 Å². The maximum atomic E-state index is 11.7. The van der Waals surface area contributed by atoms with Gasteiger partial charge in [-0.2, -0.15) is 0 Å². The number of nitrogens with two attached hydrogens (primary N) is 1. The Labute approximate surface area is 112 Å². The molecule has 6 nitrogen and oxygen atoms in total. The SMILES string of the molecule is CC(C)n1c(N)nnc1SCCS(=O)(=O)C(C)C. The van der Waals surface area contributed by atoms with Crippen molar-refractivity contribution in [3.63, 3.8) is 0 Å². The van der Waals surface area contributed by atoms with E-state index in [4.69, 9.17) is 5.73 Å². The number of aromatic nitrogens is 3. The van der Waals surface area contributed by atoms with Crippen molar-refractivity contribution in [3.8, 4) is 0 Å². The second kappa shape index (κ2) is 5.92. The molecular weight excluding hydrogens is 272 g/mol. The minimum atomic E-state index is -3.00. The van der Waals surface area contributed by atoms with E-state index in [1.807, 2.05) is 13.8 Å². The molecule has 1 heterocycles. The van der Waals surface area contributed by atoms with Crippen LogP contribution in [-0.4, -0.2) is 39.9 Å². The highest BCUT2D eigenvalue weighted by Crippen LogP contribution is 2.22. The molecule has 104 valence electrons. The lowest BCUT2D eigenvalue weighted by molar-refractivity contribution is 0.557. The van der Waals surface area contributed by atoms with Gasteiger partial charge in [0.15, 0.2) is 15.0 Å². The molecule has 0 aliphatic carbocycles. The van der Waals surface area contributed by atoms with Gasteiger partial charge in [-0.05, 0) is 27.7 Å². The number of nitrogen functional groups attached to an aromatic ring is 1. The average molecular weight is 292 g/mol. The van der Waals surface area contributed by atoms with E-state index in [1.165, 1.54) is 11.8 Å². The fraction of sp³-hybridized carbons (Fsp3) is 0.800. The first-order chi connectivity index (χ1) is 8.25. The van der Waals surface area contributed by atoms with Crippen LogP contribution in [0.4, 0.5) is 5.95 Å². The Balaban J connectivity index is 2.66. The second-order valence-electron chi connectivity index (χ2n) is 4.57. The molecule has 2 N–H and O–H groups in total. The van der Waals surface area contributed by atoms with E-state index in [0.717, 1.165) is 0 Å². The van der Waals surface area contributed by atoms with Crippen molar-refractivity contribution in [1.82, 2.24) is 14.8 Å². The van der Waals surface area contributed by atoms with Gasteiger partial charge in [-0.1, -0.05) is 11.8 Å². The molecule has 1 aromatic rings. The van der Waals surface area contributed by atoms with Crippen molar-refractivity contribution in [2.75, 3.05) is 17.2 Å². The fourth-order valence-electron chi connectivity index (χ4n) is 1.36. The summed E-state index contributed by atoms with van der Waals surface area (Å²) in [6.45, 7) is 7.34. The summed E-state index contributed by atoms with van der Waals surface area (Å²) in [5.41, 5.74) is 5.71. The minimum Gasteiger partial charge on any atom is -0.368 e. The molecule has 0 radical (unpaired) electrons. The molecule has 0 aliphatic rings. The van der Waals surface area contributed by atoms with Crippen molar-refractivity contribution in [3.05, 3.63) is 0 Å². The number of hydrogen-bond acceptors (Lipinski definition) is 6. The molecule has 1 rings (SSSR count). The zero-order chi connectivity index (χ0) is 13.9. The van der Waals surface area contributed by atoms with Gasteiger partial charge in [0, 0.05) is 11.8 Å². The lowest BCUT2D eigenvalue weighted by Gasteiger charge is -2.11. The Morgan fingerprint density at radius 2 is 1.89 bits per heavy atom. The van der Waals surface area contributed by atoms with Crippen LogP contribution in [0, 0.1) is 0 Å². The van der Waals surface area contributed by atoms with E-state index in [2.05, 4.69) is 10.2 Å². The molecule has 0 amide bonds. The normalized spacial score (nSPS) is 12.6. The monoisotopic (exact) mass is 292 g/mol. The van der Waals surface area contributed by atoms with E-state index >= 15 is 0 Å². The Morgan fingerprint density at radius 3 is 2.39 bits per heavy atom. The van der Waals surface area contributed by atoms with Gasteiger partial charge in [-0.3, -0.25) is 4.57 Å². The first-order valence-corrected chi connectivity index (χ1v) is 8.50. The molecule has 0 aromatic carbocycles. The van der Waals surface area contributed by atoms with Crippen molar-refractivity contribution in [2.24, 2.45) is 0 Å². The highest BCUT2D eigenvalue weighted by atomic mass is 32.2. The summed E-state index contributed by atoms with van der Waals surface area (Å²) in [5, 5.41) is 8.09. The Hall–Kier alpha value is -0.760. The smallest absolute Gasteiger partial charge is 0.222 e. The summed E-state index contributed by atoms with van der Waals surface area (Å²) in [5.74, 6) is 0.963. The molecule has 1 aromatic heterocycles. The third kappa shape index (κ3) is 3.61. The number of sulfone groups is 1. The molecule has 0 saturated heterocycles. The number of hydrogen-bond donors (Lipinski definition) is 1. The zero-order valence-electron chi connectivity index (χ0n) is 11.1. The van der Waals surface area contributed by atoms with Gasteiger partial charge in [0.05, 0.1) is 11.0 Å². The molecule has 0 bridgehead atoms. The van der Waals surface area contributed by atoms with E-state index in [-0.39, 0.29) is 17.0 Å². The molecule has 8 heteroatoms. The first kappa shape index (κ1) is 15.3. The molecule has 0 unspecified atom stereocenters. The predicted molar refractivity (Wildman–Crippen MR) is 74.5 cm³/mol. The molecule has 0 saturated carbocycles. The van der Waals surface area contributed by atoms with Crippen LogP contribution < -0.4 is 5.73 Å². The number of nitrogens with zero attached hydrogens (tertiary/aromatic N) is 3. The zero-order valence-corrected chi connectivity index (χ0v) is 12.8. The third-order valence-corrected chi connectivity index (χ3v) is 5.94. The third-order valence-electron chi connectivity index (χ3n) is 2.52. The van der Waals surface area contributed by atoms with Crippen molar-refractivity contribution < 1.29 is 8.42 Å². The highest BCUT2D eigenvalue weighted by molar-refractivity contribution is 8.00. The lowest BCUT2D eigenvalue weighted by atomic mass is 10.4. The molecule has 0 fully saturated rings. The number of rotatable bonds is 6. The Bertz CT molecular complexity index is 494. The Morgan fingerprint density at radius 1 is 1.28 bits per heavy atom. The van der Waals surface area contributed by atoms with E-state index < -0.39 is 9.84 Å². The summed E-state index contributed by atoms with van der Waals surface area (Å²) in [6.07, 6.45) is 0. The second-order valence-corrected chi connectivity index (χ2v) is 8.31. The van der Waals surface area contributed by atoms with Gasteiger partial charge >= 0.3 is 0 Å². The summed E-state index contributed by atoms with van der Waals surface area (Å²) in [6, 6.07) is 0.157. The fourth-order valence-corrected chi connectivity index (χ4v) is 3.82. The van der Waals surface area contributed by atoms with Gasteiger partial charge in [0.2, 0.25) is 5.95 Å². The van der Waals surface area contributed by atoms with Crippen LogP contribution >= 0.6 is 11.8 Å². The maximum Gasteiger partial charge on any atom is 0.222 e. The van der Waals surface area contributed by atoms with Crippen LogP contribution in [0.2, 0.25) is 0 Å². The quantitative estimate of drug-likeness (QED) is 0.796. The molecule has 0 atom stereocenters. The topological polar surface area (TPSA) is 90.9 Å². The van der Waals surface area contributed by atoms with Gasteiger partial charge in [-0.25, -0.2) is 8.42 Å². The largest absolute Gasteiger partial charge is 0.368 e. The number of thioether (sulfide) groups is 1. The van der Waals surface area contributed by atoms with Crippen LogP contribution in [0.5, 0.6) is 0 Å². The summed E-state index contributed by atoms with van der Waals surface area (Å²) < 4.78 is 25.1. The van der Waals surface area contributed by atoms with Gasteiger partial charge in [0.1, 0.15) is 0 Å². The van der Waals surface area contributed by atoms with E-state index in [1.54, 1.807) is 18.4 Å². The van der Waals surface area contributed by atoms with Gasteiger partial charge < -0.3 is 5.73 Å². The van der Waals surface area contributed by atoms with Crippen LogP contribution in [0.15, 0.2) is 5.16 Å². The number of anilines is 1. The van der Waals surface area contributed by atoms with Gasteiger partial charge in [0.25, 0.3) is 0 Å². The van der Waals surface area contributed by atoms with E-state index in [9.17, 15) is 8.42 Å². The van der Waals surface area contributed by atoms with Crippen LogP contribution in [0.3, 0.4) is 0 Å².